The number of nitrogens with one attached hydrogen (secondary N) is 1. The van der Waals surface area contributed by atoms with E-state index in [-0.39, 0.29) is 11.6 Å². The first-order chi connectivity index (χ1) is 26.4. The molecule has 10 rings (SSSR count). The Morgan fingerprint density at radius 2 is 1.37 bits per heavy atom. The van der Waals surface area contributed by atoms with Crippen molar-refractivity contribution in [3.05, 3.63) is 198 Å². The average molecular weight is 697 g/mol. The van der Waals surface area contributed by atoms with Crippen molar-refractivity contribution in [2.24, 2.45) is 5.73 Å². The van der Waals surface area contributed by atoms with Crippen LogP contribution in [0.5, 0.6) is 0 Å². The maximum atomic E-state index is 6.83. The number of allylic oxidation sites excluding steroid dienone is 1. The monoisotopic (exact) mass is 696 g/mol. The molecule has 8 aromatic carbocycles. The molecule has 0 saturated carbocycles. The highest BCUT2D eigenvalue weighted by Crippen LogP contribution is 2.53. The van der Waals surface area contributed by atoms with E-state index in [9.17, 15) is 0 Å². The van der Waals surface area contributed by atoms with Crippen LogP contribution in [0.25, 0.3) is 71.4 Å². The zero-order valence-electron chi connectivity index (χ0n) is 30.4. The van der Waals surface area contributed by atoms with Crippen molar-refractivity contribution >= 4 is 49.2 Å². The fraction of sp³-hybridized carbons (Fsp3) is 0.0980. The fourth-order valence-electron chi connectivity index (χ4n) is 8.72. The van der Waals surface area contributed by atoms with E-state index >= 15 is 0 Å². The summed E-state index contributed by atoms with van der Waals surface area (Å²) >= 11 is 0. The Kier molecular flexibility index (Phi) is 7.53. The molecular formula is C51H40N2O. The van der Waals surface area contributed by atoms with Gasteiger partial charge in [-0.3, -0.25) is 0 Å². The van der Waals surface area contributed by atoms with Crippen molar-refractivity contribution in [1.82, 2.24) is 5.32 Å². The molecule has 0 spiro atoms. The molecule has 54 heavy (non-hydrogen) atoms. The molecule has 0 fully saturated rings. The lowest BCUT2D eigenvalue weighted by Crippen LogP contribution is -2.27. The van der Waals surface area contributed by atoms with Crippen molar-refractivity contribution in [3.63, 3.8) is 0 Å². The summed E-state index contributed by atoms with van der Waals surface area (Å²) < 4.78 is 6.51. The highest BCUT2D eigenvalue weighted by Gasteiger charge is 2.37. The molecule has 0 saturated heterocycles. The number of rotatable bonds is 7. The highest BCUT2D eigenvalue weighted by atomic mass is 16.3. The second-order valence-corrected chi connectivity index (χ2v) is 15.1. The van der Waals surface area contributed by atoms with Crippen LogP contribution in [0.4, 0.5) is 0 Å². The molecule has 3 heteroatoms. The van der Waals surface area contributed by atoms with E-state index in [2.05, 4.69) is 171 Å². The van der Waals surface area contributed by atoms with Crippen molar-refractivity contribution in [2.45, 2.75) is 31.8 Å². The van der Waals surface area contributed by atoms with Gasteiger partial charge in [0.25, 0.3) is 0 Å². The predicted molar refractivity (Wildman–Crippen MR) is 226 cm³/mol. The van der Waals surface area contributed by atoms with Gasteiger partial charge in [0.15, 0.2) is 0 Å². The van der Waals surface area contributed by atoms with Crippen LogP contribution in [0.15, 0.2) is 174 Å². The molecule has 3 N–H and O–H groups in total. The normalized spacial score (nSPS) is 14.1. The summed E-state index contributed by atoms with van der Waals surface area (Å²) in [5.74, 6) is 0. The van der Waals surface area contributed by atoms with E-state index in [1.165, 1.54) is 55.1 Å². The fourth-order valence-corrected chi connectivity index (χ4v) is 8.72. The number of fused-ring (bicyclic) bond motifs is 9. The minimum atomic E-state index is -0.375. The minimum absolute atomic E-state index is 0.0890. The van der Waals surface area contributed by atoms with Crippen LogP contribution in [0.3, 0.4) is 0 Å². The molecule has 1 unspecified atom stereocenters. The summed E-state index contributed by atoms with van der Waals surface area (Å²) in [6.07, 6.45) is 2.60. The van der Waals surface area contributed by atoms with Gasteiger partial charge in [0.1, 0.15) is 17.3 Å². The van der Waals surface area contributed by atoms with Gasteiger partial charge in [-0.1, -0.05) is 159 Å². The number of furan rings is 1. The van der Waals surface area contributed by atoms with E-state index < -0.39 is 0 Å². The van der Waals surface area contributed by atoms with Crippen molar-refractivity contribution in [1.29, 1.82) is 0 Å². The Morgan fingerprint density at radius 1 is 0.648 bits per heavy atom. The van der Waals surface area contributed by atoms with Crippen LogP contribution in [0.2, 0.25) is 0 Å². The molecule has 0 bridgehead atoms. The van der Waals surface area contributed by atoms with Gasteiger partial charge in [-0.2, -0.15) is 0 Å². The van der Waals surface area contributed by atoms with Gasteiger partial charge < -0.3 is 15.5 Å². The third-order valence-electron chi connectivity index (χ3n) is 11.5. The molecule has 1 aromatic heterocycles. The number of hydrogen-bond acceptors (Lipinski definition) is 3. The molecule has 0 amide bonds. The van der Waals surface area contributed by atoms with Gasteiger partial charge in [-0.25, -0.2) is 0 Å². The van der Waals surface area contributed by atoms with Gasteiger partial charge in [0, 0.05) is 27.3 Å². The molecule has 1 aliphatic rings. The summed E-state index contributed by atoms with van der Waals surface area (Å²) in [4.78, 5) is 0. The summed E-state index contributed by atoms with van der Waals surface area (Å²) in [7, 11) is 0. The lowest BCUT2D eigenvalue weighted by Gasteiger charge is -2.22. The topological polar surface area (TPSA) is 51.2 Å². The summed E-state index contributed by atoms with van der Waals surface area (Å²) in [5, 5.41) is 10.8. The number of nitrogens with two attached hydrogens (primary N) is 1. The molecular weight excluding hydrogens is 657 g/mol. The molecule has 0 radical (unpaired) electrons. The van der Waals surface area contributed by atoms with Gasteiger partial charge in [-0.15, -0.1) is 0 Å². The molecule has 1 heterocycles. The molecule has 260 valence electrons. The van der Waals surface area contributed by atoms with Gasteiger partial charge in [-0.05, 0) is 96.9 Å². The maximum Gasteiger partial charge on any atom is 0.143 e. The quantitative estimate of drug-likeness (QED) is 0.163. The summed E-state index contributed by atoms with van der Waals surface area (Å²) in [6.45, 7) is 4.71. The lowest BCUT2D eigenvalue weighted by molar-refractivity contribution is 0.661. The zero-order valence-corrected chi connectivity index (χ0v) is 30.4. The van der Waals surface area contributed by atoms with Gasteiger partial charge in [0.05, 0.1) is 0 Å². The first-order valence-electron chi connectivity index (χ1n) is 18.8. The second-order valence-electron chi connectivity index (χ2n) is 15.1. The SMILES string of the molecule is CC1(C)c2cc3ccccc3cc2-c2c(-c3ccc(/C(=C/Cc4cccc5oc6c7ccccc7ccc6c45)NC(N)c4ccccc4)cc3)cccc21. The first kappa shape index (κ1) is 32.2. The van der Waals surface area contributed by atoms with Crippen LogP contribution in [0.1, 0.15) is 47.8 Å². The van der Waals surface area contributed by atoms with E-state index in [4.69, 9.17) is 10.2 Å². The van der Waals surface area contributed by atoms with Crippen LogP contribution in [-0.4, -0.2) is 0 Å². The lowest BCUT2D eigenvalue weighted by atomic mass is 9.81. The molecule has 1 atom stereocenters. The van der Waals surface area contributed by atoms with E-state index in [1.54, 1.807) is 0 Å². The van der Waals surface area contributed by atoms with Crippen LogP contribution in [-0.2, 0) is 11.8 Å². The van der Waals surface area contributed by atoms with Crippen molar-refractivity contribution < 1.29 is 4.42 Å². The molecule has 3 nitrogen and oxygen atoms in total. The third kappa shape index (κ3) is 5.23. The molecule has 1 aliphatic carbocycles. The van der Waals surface area contributed by atoms with E-state index in [0.29, 0.717) is 6.42 Å². The van der Waals surface area contributed by atoms with Crippen molar-refractivity contribution in [3.8, 4) is 22.3 Å². The van der Waals surface area contributed by atoms with Crippen molar-refractivity contribution in [2.75, 3.05) is 0 Å². The van der Waals surface area contributed by atoms with Gasteiger partial charge in [0.2, 0.25) is 0 Å². The van der Waals surface area contributed by atoms with Crippen LogP contribution >= 0.6 is 0 Å². The molecule has 0 aliphatic heterocycles. The third-order valence-corrected chi connectivity index (χ3v) is 11.5. The Hall–Kier alpha value is -6.42. The van der Waals surface area contributed by atoms with E-state index in [1.807, 2.05) is 18.2 Å². The Labute approximate surface area is 315 Å². The number of hydrogen-bond donors (Lipinski definition) is 2. The summed E-state index contributed by atoms with van der Waals surface area (Å²) in [6, 6.07) is 58.6. The first-order valence-corrected chi connectivity index (χ1v) is 18.8. The smallest absolute Gasteiger partial charge is 0.143 e. The Morgan fingerprint density at radius 3 is 2.19 bits per heavy atom. The second kappa shape index (κ2) is 12.6. The highest BCUT2D eigenvalue weighted by molar-refractivity contribution is 6.16. The van der Waals surface area contributed by atoms with E-state index in [0.717, 1.165) is 44.1 Å². The standard InChI is InChI=1S/C51H40N2O/c1-51(2)43-20-11-19-39(48(43)42-30-37-15-6-7-16-38(37)31-44(42)51)33-22-24-34(25-23-33)45(53-50(52)36-13-4-3-5-14-36)29-27-35-17-10-21-46-47(35)41-28-26-32-12-8-9-18-40(32)49(41)54-46/h3-26,28-31,50,53H,27,52H2,1-2H3/b45-29-. The maximum absolute atomic E-state index is 6.83. The Bertz CT molecular complexity index is 2910. The van der Waals surface area contributed by atoms with Crippen LogP contribution < -0.4 is 11.1 Å². The predicted octanol–water partition coefficient (Wildman–Crippen LogP) is 12.7. The number of benzene rings is 8. The summed E-state index contributed by atoms with van der Waals surface area (Å²) in [5.41, 5.74) is 20.8. The largest absolute Gasteiger partial charge is 0.455 e. The Balaban J connectivity index is 1.05. The molecule has 9 aromatic rings. The minimum Gasteiger partial charge on any atom is -0.455 e. The van der Waals surface area contributed by atoms with Gasteiger partial charge >= 0.3 is 0 Å². The van der Waals surface area contributed by atoms with Crippen LogP contribution in [0, 0.1) is 0 Å². The zero-order chi connectivity index (χ0) is 36.4. The average Bonchev–Trinajstić information content (AvgIpc) is 3.71.